The molecule has 2 aliphatic heterocycles. The largest absolute Gasteiger partial charge is 0.353 e. The van der Waals surface area contributed by atoms with Crippen molar-refractivity contribution < 1.29 is 18.9 Å². The summed E-state index contributed by atoms with van der Waals surface area (Å²) < 4.78 is 23.4. The van der Waals surface area contributed by atoms with E-state index in [4.69, 9.17) is 18.9 Å². The normalized spacial score (nSPS) is 22.4. The summed E-state index contributed by atoms with van der Waals surface area (Å²) in [5.41, 5.74) is 0.771. The van der Waals surface area contributed by atoms with E-state index in [1.54, 1.807) is 0 Å². The van der Waals surface area contributed by atoms with Crippen LogP contribution in [-0.4, -0.2) is 37.0 Å². The molecule has 2 heterocycles. The number of benzene rings is 1. The van der Waals surface area contributed by atoms with Gasteiger partial charge in [-0.3, -0.25) is 0 Å². The maximum Gasteiger partial charge on any atom is 0.159 e. The van der Waals surface area contributed by atoms with Crippen LogP contribution in [0.3, 0.4) is 0 Å². The van der Waals surface area contributed by atoms with E-state index in [1.165, 1.54) is 0 Å². The Bertz CT molecular complexity index is 720. The van der Waals surface area contributed by atoms with Crippen LogP contribution in [0.5, 0.6) is 0 Å². The molecule has 2 atom stereocenters. The van der Waals surface area contributed by atoms with Gasteiger partial charge in [0.1, 0.15) is 11.2 Å². The Balaban J connectivity index is 1.56. The Labute approximate surface area is 181 Å². The van der Waals surface area contributed by atoms with Gasteiger partial charge in [0.2, 0.25) is 0 Å². The van der Waals surface area contributed by atoms with Gasteiger partial charge in [-0.15, -0.1) is 0 Å². The molecule has 0 saturated carbocycles. The van der Waals surface area contributed by atoms with Crippen LogP contribution in [0.2, 0.25) is 0 Å². The highest BCUT2D eigenvalue weighted by Gasteiger charge is 2.24. The van der Waals surface area contributed by atoms with E-state index >= 15 is 0 Å². The van der Waals surface area contributed by atoms with E-state index in [0.29, 0.717) is 0 Å². The third-order valence-corrected chi connectivity index (χ3v) is 5.03. The van der Waals surface area contributed by atoms with Crippen molar-refractivity contribution in [2.75, 3.05) is 13.2 Å². The van der Waals surface area contributed by atoms with Crippen LogP contribution in [-0.2, 0) is 18.9 Å². The summed E-state index contributed by atoms with van der Waals surface area (Å²) in [5.74, 6) is 12.9. The molecule has 0 radical (unpaired) electrons. The second-order valence-corrected chi connectivity index (χ2v) is 8.93. The molecule has 0 aromatic heterocycles. The van der Waals surface area contributed by atoms with Gasteiger partial charge < -0.3 is 18.9 Å². The molecule has 4 heteroatoms. The molecule has 0 aliphatic carbocycles. The van der Waals surface area contributed by atoms with Crippen molar-refractivity contribution in [3.63, 3.8) is 0 Å². The molecule has 4 nitrogen and oxygen atoms in total. The standard InChI is InChI=1S/C26H34O4/c1-25(2,29-23-9-5-7-19-27-23)17-15-21-11-13-22(14-12-21)16-18-26(3,4)30-24-10-6-8-20-28-24/h11-14,23-24H,5-10,19-20H2,1-4H3. The molecular formula is C26H34O4. The van der Waals surface area contributed by atoms with E-state index in [2.05, 4.69) is 23.7 Å². The molecule has 2 aliphatic rings. The monoisotopic (exact) mass is 410 g/mol. The maximum absolute atomic E-state index is 6.02. The number of rotatable bonds is 4. The fourth-order valence-electron chi connectivity index (χ4n) is 3.41. The van der Waals surface area contributed by atoms with Crippen LogP contribution >= 0.6 is 0 Å². The zero-order chi connectivity index (χ0) is 21.5. The van der Waals surface area contributed by atoms with Crippen molar-refractivity contribution in [1.82, 2.24) is 0 Å². The zero-order valence-corrected chi connectivity index (χ0v) is 18.8. The molecular weight excluding hydrogens is 376 g/mol. The Morgan fingerprint density at radius 2 is 1.10 bits per heavy atom. The van der Waals surface area contributed by atoms with Crippen molar-refractivity contribution in [2.24, 2.45) is 0 Å². The van der Waals surface area contributed by atoms with Crippen molar-refractivity contribution in [1.29, 1.82) is 0 Å². The van der Waals surface area contributed by atoms with Gasteiger partial charge in [0.05, 0.1) is 0 Å². The number of hydrogen-bond donors (Lipinski definition) is 0. The Morgan fingerprint density at radius 1 is 0.700 bits per heavy atom. The van der Waals surface area contributed by atoms with E-state index in [0.717, 1.165) is 62.9 Å². The van der Waals surface area contributed by atoms with Gasteiger partial charge in [0.25, 0.3) is 0 Å². The third-order valence-electron chi connectivity index (χ3n) is 5.03. The fraction of sp³-hybridized carbons (Fsp3) is 0.615. The predicted molar refractivity (Wildman–Crippen MR) is 118 cm³/mol. The summed E-state index contributed by atoms with van der Waals surface area (Å²) in [7, 11) is 0. The average Bonchev–Trinajstić information content (AvgIpc) is 2.72. The lowest BCUT2D eigenvalue weighted by atomic mass is 10.1. The summed E-state index contributed by atoms with van der Waals surface area (Å²) >= 11 is 0. The molecule has 0 N–H and O–H groups in total. The molecule has 0 bridgehead atoms. The van der Waals surface area contributed by atoms with Gasteiger partial charge in [0.15, 0.2) is 12.6 Å². The summed E-state index contributed by atoms with van der Waals surface area (Å²) in [5, 5.41) is 0. The van der Waals surface area contributed by atoms with Crippen LogP contribution < -0.4 is 0 Å². The summed E-state index contributed by atoms with van der Waals surface area (Å²) in [4.78, 5) is 0. The molecule has 1 aromatic rings. The number of ether oxygens (including phenoxy) is 4. The minimum absolute atomic E-state index is 0.148. The lowest BCUT2D eigenvalue weighted by Gasteiger charge is -2.29. The summed E-state index contributed by atoms with van der Waals surface area (Å²) in [6, 6.07) is 7.95. The van der Waals surface area contributed by atoms with Gasteiger partial charge in [-0.2, -0.15) is 0 Å². The van der Waals surface area contributed by atoms with E-state index in [-0.39, 0.29) is 12.6 Å². The first-order valence-corrected chi connectivity index (χ1v) is 11.1. The molecule has 162 valence electrons. The van der Waals surface area contributed by atoms with E-state index in [9.17, 15) is 0 Å². The first-order valence-electron chi connectivity index (χ1n) is 11.1. The molecule has 3 rings (SSSR count). The smallest absolute Gasteiger partial charge is 0.159 e. The minimum atomic E-state index is -0.553. The van der Waals surface area contributed by atoms with Crippen molar-refractivity contribution >= 4 is 0 Å². The molecule has 1 aromatic carbocycles. The first kappa shape index (κ1) is 22.9. The first-order chi connectivity index (χ1) is 14.3. The molecule has 30 heavy (non-hydrogen) atoms. The van der Waals surface area contributed by atoms with Crippen LogP contribution in [0.25, 0.3) is 0 Å². The molecule has 2 saturated heterocycles. The molecule has 2 fully saturated rings. The van der Waals surface area contributed by atoms with Crippen LogP contribution in [0.1, 0.15) is 77.3 Å². The SMILES string of the molecule is CC(C)(C#Cc1ccc(C#CC(C)(C)OC2CCCCO2)cc1)OC1CCCCO1. The Morgan fingerprint density at radius 3 is 1.43 bits per heavy atom. The second-order valence-electron chi connectivity index (χ2n) is 8.93. The minimum Gasteiger partial charge on any atom is -0.353 e. The lowest BCUT2D eigenvalue weighted by Crippen LogP contribution is -2.33. The van der Waals surface area contributed by atoms with Gasteiger partial charge in [-0.05, 0) is 90.5 Å². The highest BCUT2D eigenvalue weighted by atomic mass is 16.7. The average molecular weight is 411 g/mol. The van der Waals surface area contributed by atoms with Crippen molar-refractivity contribution in [2.45, 2.75) is 90.0 Å². The molecule has 0 spiro atoms. The van der Waals surface area contributed by atoms with E-state index in [1.807, 2.05) is 52.0 Å². The van der Waals surface area contributed by atoms with Gasteiger partial charge in [-0.25, -0.2) is 0 Å². The fourth-order valence-corrected chi connectivity index (χ4v) is 3.41. The quantitative estimate of drug-likeness (QED) is 0.652. The zero-order valence-electron chi connectivity index (χ0n) is 18.8. The van der Waals surface area contributed by atoms with Crippen LogP contribution in [0, 0.1) is 23.7 Å². The van der Waals surface area contributed by atoms with Crippen molar-refractivity contribution in [3.8, 4) is 23.7 Å². The van der Waals surface area contributed by atoms with Gasteiger partial charge in [-0.1, -0.05) is 23.7 Å². The van der Waals surface area contributed by atoms with Crippen LogP contribution in [0.15, 0.2) is 24.3 Å². The second kappa shape index (κ2) is 10.5. The number of hydrogen-bond acceptors (Lipinski definition) is 4. The predicted octanol–water partition coefficient (Wildman–Crippen LogP) is 5.03. The lowest BCUT2D eigenvalue weighted by molar-refractivity contribution is -0.199. The van der Waals surface area contributed by atoms with Crippen LogP contribution in [0.4, 0.5) is 0 Å². The third kappa shape index (κ3) is 7.78. The highest BCUT2D eigenvalue weighted by molar-refractivity contribution is 5.43. The van der Waals surface area contributed by atoms with Gasteiger partial charge in [0, 0.05) is 24.3 Å². The molecule has 0 amide bonds. The topological polar surface area (TPSA) is 36.9 Å². The Hall–Kier alpha value is -1.82. The summed E-state index contributed by atoms with van der Waals surface area (Å²) in [6.07, 6.45) is 6.09. The van der Waals surface area contributed by atoms with Gasteiger partial charge >= 0.3 is 0 Å². The van der Waals surface area contributed by atoms with E-state index < -0.39 is 11.2 Å². The maximum atomic E-state index is 6.02. The summed E-state index contributed by atoms with van der Waals surface area (Å²) in [6.45, 7) is 9.47. The highest BCUT2D eigenvalue weighted by Crippen LogP contribution is 2.21. The molecule has 2 unspecified atom stereocenters. The van der Waals surface area contributed by atoms with Crippen molar-refractivity contribution in [3.05, 3.63) is 35.4 Å². The Kier molecular flexibility index (Phi) is 7.98.